The molecule has 2 atom stereocenters. The molecule has 1 aromatic carbocycles. The molecule has 21 heavy (non-hydrogen) atoms. The van der Waals surface area contributed by atoms with Crippen molar-refractivity contribution < 1.29 is 4.74 Å². The van der Waals surface area contributed by atoms with Crippen molar-refractivity contribution in [1.82, 2.24) is 5.32 Å². The predicted molar refractivity (Wildman–Crippen MR) is 87.9 cm³/mol. The van der Waals surface area contributed by atoms with Gasteiger partial charge in [-0.15, -0.1) is 0 Å². The molecule has 2 fully saturated rings. The molecule has 0 bridgehead atoms. The first-order valence-corrected chi connectivity index (χ1v) is 8.57. The minimum Gasteiger partial charge on any atom is -0.493 e. The van der Waals surface area contributed by atoms with Gasteiger partial charge in [-0.25, -0.2) is 0 Å². The van der Waals surface area contributed by atoms with Crippen LogP contribution in [0.15, 0.2) is 24.3 Å². The van der Waals surface area contributed by atoms with Crippen molar-refractivity contribution in [2.24, 2.45) is 11.8 Å². The van der Waals surface area contributed by atoms with Crippen LogP contribution in [0.25, 0.3) is 0 Å². The van der Waals surface area contributed by atoms with Gasteiger partial charge in [-0.05, 0) is 55.2 Å². The van der Waals surface area contributed by atoms with Crippen LogP contribution in [-0.4, -0.2) is 19.2 Å². The Morgan fingerprint density at radius 1 is 1.19 bits per heavy atom. The summed E-state index contributed by atoms with van der Waals surface area (Å²) in [7, 11) is 0. The Kier molecular flexibility index (Phi) is 4.26. The highest BCUT2D eigenvalue weighted by atomic mass is 16.5. The van der Waals surface area contributed by atoms with Crippen molar-refractivity contribution >= 4 is 0 Å². The summed E-state index contributed by atoms with van der Waals surface area (Å²) in [6, 6.07) is 9.69. The largest absolute Gasteiger partial charge is 0.493 e. The minimum atomic E-state index is 0.360. The van der Waals surface area contributed by atoms with Crippen molar-refractivity contribution in [2.75, 3.05) is 13.2 Å². The lowest BCUT2D eigenvalue weighted by atomic mass is 9.57. The summed E-state index contributed by atoms with van der Waals surface area (Å²) in [6.45, 7) is 8.71. The van der Waals surface area contributed by atoms with E-state index >= 15 is 0 Å². The first-order chi connectivity index (χ1) is 10.1. The maximum Gasteiger partial charge on any atom is 0.119 e. The molecule has 0 spiro atoms. The molecule has 0 saturated heterocycles. The van der Waals surface area contributed by atoms with Crippen molar-refractivity contribution in [1.29, 1.82) is 0 Å². The Morgan fingerprint density at radius 2 is 1.90 bits per heavy atom. The molecule has 2 aliphatic carbocycles. The summed E-state index contributed by atoms with van der Waals surface area (Å²) in [6.07, 6.45) is 5.41. The second-order valence-corrected chi connectivity index (χ2v) is 7.48. The third-order valence-electron chi connectivity index (χ3n) is 5.26. The molecular formula is C19H29NO. The monoisotopic (exact) mass is 287 g/mol. The van der Waals surface area contributed by atoms with Crippen LogP contribution in [0.4, 0.5) is 0 Å². The summed E-state index contributed by atoms with van der Waals surface area (Å²) >= 11 is 0. The second kappa shape index (κ2) is 6.00. The molecule has 2 saturated carbocycles. The molecule has 2 aliphatic rings. The fourth-order valence-corrected chi connectivity index (χ4v) is 3.33. The predicted octanol–water partition coefficient (Wildman–Crippen LogP) is 4.14. The van der Waals surface area contributed by atoms with Gasteiger partial charge in [0, 0.05) is 18.0 Å². The first-order valence-electron chi connectivity index (χ1n) is 8.57. The Morgan fingerprint density at radius 3 is 2.38 bits per heavy atom. The Bertz CT molecular complexity index is 463. The number of hydrogen-bond acceptors (Lipinski definition) is 2. The first kappa shape index (κ1) is 14.9. The topological polar surface area (TPSA) is 21.3 Å². The minimum absolute atomic E-state index is 0.360. The Balaban J connectivity index is 1.67. The summed E-state index contributed by atoms with van der Waals surface area (Å²) in [5.74, 6) is 2.36. The van der Waals surface area contributed by atoms with Crippen molar-refractivity contribution in [3.8, 4) is 5.75 Å². The van der Waals surface area contributed by atoms with Gasteiger partial charge in [0.05, 0.1) is 6.61 Å². The molecule has 2 nitrogen and oxygen atoms in total. The van der Waals surface area contributed by atoms with E-state index in [1.165, 1.54) is 31.2 Å². The zero-order valence-corrected chi connectivity index (χ0v) is 13.7. The van der Waals surface area contributed by atoms with E-state index in [1.807, 2.05) is 0 Å². The standard InChI is InChI=1S/C19H29NO/c1-14(2)12-21-18-8-4-16(5-9-18)19(11-10-15(19)3)13-20-17-6-7-17/h4-5,8-9,14-15,17,20H,6-7,10-13H2,1-3H3. The average molecular weight is 287 g/mol. The summed E-state index contributed by atoms with van der Waals surface area (Å²) in [5.41, 5.74) is 1.85. The molecule has 1 N–H and O–H groups in total. The highest BCUT2D eigenvalue weighted by Crippen LogP contribution is 2.48. The van der Waals surface area contributed by atoms with Crippen LogP contribution in [-0.2, 0) is 5.41 Å². The molecule has 2 unspecified atom stereocenters. The zero-order chi connectivity index (χ0) is 14.9. The normalized spacial score (nSPS) is 28.5. The van der Waals surface area contributed by atoms with Gasteiger partial charge in [-0.3, -0.25) is 0 Å². The molecule has 0 aromatic heterocycles. The third kappa shape index (κ3) is 3.26. The highest BCUT2D eigenvalue weighted by Gasteiger charge is 2.45. The molecule has 0 radical (unpaired) electrons. The van der Waals surface area contributed by atoms with Crippen LogP contribution in [0, 0.1) is 11.8 Å². The zero-order valence-electron chi connectivity index (χ0n) is 13.7. The van der Waals surface area contributed by atoms with Crippen molar-refractivity contribution in [3.63, 3.8) is 0 Å². The van der Waals surface area contributed by atoms with Crippen molar-refractivity contribution in [2.45, 2.75) is 57.9 Å². The van der Waals surface area contributed by atoms with Gasteiger partial charge < -0.3 is 10.1 Å². The molecule has 2 heteroatoms. The van der Waals surface area contributed by atoms with Gasteiger partial charge in [-0.2, -0.15) is 0 Å². The van der Waals surface area contributed by atoms with Crippen LogP contribution in [0.1, 0.15) is 52.0 Å². The van der Waals surface area contributed by atoms with Gasteiger partial charge in [0.15, 0.2) is 0 Å². The van der Waals surface area contributed by atoms with Gasteiger partial charge in [0.1, 0.15) is 5.75 Å². The number of nitrogens with one attached hydrogen (secondary N) is 1. The van der Waals surface area contributed by atoms with Gasteiger partial charge >= 0.3 is 0 Å². The van der Waals surface area contributed by atoms with E-state index in [-0.39, 0.29) is 0 Å². The summed E-state index contributed by atoms with van der Waals surface area (Å²) in [4.78, 5) is 0. The van der Waals surface area contributed by atoms with Gasteiger partial charge in [0.25, 0.3) is 0 Å². The maximum absolute atomic E-state index is 5.81. The smallest absolute Gasteiger partial charge is 0.119 e. The molecule has 3 rings (SSSR count). The van der Waals surface area contributed by atoms with Crippen molar-refractivity contribution in [3.05, 3.63) is 29.8 Å². The van der Waals surface area contributed by atoms with Crippen LogP contribution < -0.4 is 10.1 Å². The molecule has 116 valence electrons. The van der Waals surface area contributed by atoms with E-state index in [0.29, 0.717) is 11.3 Å². The number of rotatable bonds is 7. The van der Waals surface area contributed by atoms with Crippen LogP contribution in [0.5, 0.6) is 5.75 Å². The van der Waals surface area contributed by atoms with Crippen LogP contribution in [0.2, 0.25) is 0 Å². The summed E-state index contributed by atoms with van der Waals surface area (Å²) < 4.78 is 5.81. The molecule has 0 heterocycles. The van der Waals surface area contributed by atoms with E-state index < -0.39 is 0 Å². The lowest BCUT2D eigenvalue weighted by Crippen LogP contribution is -2.50. The van der Waals surface area contributed by atoms with E-state index in [4.69, 9.17) is 4.74 Å². The summed E-state index contributed by atoms with van der Waals surface area (Å²) in [5, 5.41) is 3.75. The lowest BCUT2D eigenvalue weighted by Gasteiger charge is -2.49. The molecule has 1 aromatic rings. The van der Waals surface area contributed by atoms with Crippen LogP contribution >= 0.6 is 0 Å². The van der Waals surface area contributed by atoms with E-state index in [2.05, 4.69) is 50.4 Å². The lowest BCUT2D eigenvalue weighted by molar-refractivity contribution is 0.133. The maximum atomic E-state index is 5.81. The quantitative estimate of drug-likeness (QED) is 0.813. The highest BCUT2D eigenvalue weighted by molar-refractivity contribution is 5.35. The van der Waals surface area contributed by atoms with Crippen LogP contribution in [0.3, 0.4) is 0 Å². The number of ether oxygens (including phenoxy) is 1. The average Bonchev–Trinajstić information content (AvgIpc) is 3.29. The number of hydrogen-bond donors (Lipinski definition) is 1. The molecule has 0 amide bonds. The van der Waals surface area contributed by atoms with E-state index in [1.54, 1.807) is 0 Å². The Labute approximate surface area is 129 Å². The van der Waals surface area contributed by atoms with Gasteiger partial charge in [-0.1, -0.05) is 32.9 Å². The number of benzene rings is 1. The molecular weight excluding hydrogens is 258 g/mol. The fraction of sp³-hybridized carbons (Fsp3) is 0.684. The third-order valence-corrected chi connectivity index (χ3v) is 5.26. The van der Waals surface area contributed by atoms with E-state index in [0.717, 1.165) is 30.9 Å². The fourth-order valence-electron chi connectivity index (χ4n) is 3.33. The van der Waals surface area contributed by atoms with Gasteiger partial charge in [0.2, 0.25) is 0 Å². The Hall–Kier alpha value is -1.02. The SMILES string of the molecule is CC(C)COc1ccc(C2(CNC3CC3)CCC2C)cc1. The second-order valence-electron chi connectivity index (χ2n) is 7.48. The van der Waals surface area contributed by atoms with E-state index in [9.17, 15) is 0 Å². The molecule has 0 aliphatic heterocycles.